The second-order valence-electron chi connectivity index (χ2n) is 5.34. The van der Waals surface area contributed by atoms with Crippen molar-refractivity contribution in [3.8, 4) is 6.07 Å². The lowest BCUT2D eigenvalue weighted by Crippen LogP contribution is -2.32. The zero-order valence-corrected chi connectivity index (χ0v) is 11.8. The number of rotatable bonds is 5. The van der Waals surface area contributed by atoms with Crippen LogP contribution in [0, 0.1) is 17.1 Å². The molecule has 0 heterocycles. The molecule has 0 saturated heterocycles. The maximum absolute atomic E-state index is 13.4. The molecule has 0 bridgehead atoms. The van der Waals surface area contributed by atoms with Crippen LogP contribution in [0.25, 0.3) is 0 Å². The fourth-order valence-electron chi connectivity index (χ4n) is 2.74. The van der Waals surface area contributed by atoms with Gasteiger partial charge in [-0.25, -0.2) is 4.39 Å². The molecule has 2 rings (SSSR count). The maximum atomic E-state index is 13.4. The number of nitriles is 1. The second kappa shape index (κ2) is 7.86. The zero-order chi connectivity index (χ0) is 14.2. The van der Waals surface area contributed by atoms with E-state index in [2.05, 4.69) is 10.6 Å². The van der Waals surface area contributed by atoms with Crippen LogP contribution in [0.3, 0.4) is 0 Å². The smallest absolute Gasteiger partial charge is 0.143 e. The lowest BCUT2D eigenvalue weighted by Gasteiger charge is -2.17. The van der Waals surface area contributed by atoms with Crippen LogP contribution < -0.4 is 10.6 Å². The Morgan fingerprint density at radius 1 is 1.15 bits per heavy atom. The van der Waals surface area contributed by atoms with Gasteiger partial charge >= 0.3 is 0 Å². The van der Waals surface area contributed by atoms with Gasteiger partial charge in [0.25, 0.3) is 0 Å². The lowest BCUT2D eigenvalue weighted by atomic mass is 10.1. The molecule has 0 radical (unpaired) electrons. The highest BCUT2D eigenvalue weighted by atomic mass is 19.1. The average molecular weight is 275 g/mol. The van der Waals surface area contributed by atoms with E-state index in [0.29, 0.717) is 18.3 Å². The molecule has 0 atom stereocenters. The molecule has 0 amide bonds. The molecule has 2 N–H and O–H groups in total. The molecule has 0 unspecified atom stereocenters. The van der Waals surface area contributed by atoms with Crippen molar-refractivity contribution in [2.45, 2.75) is 44.6 Å². The first kappa shape index (κ1) is 14.8. The van der Waals surface area contributed by atoms with Crippen LogP contribution in [-0.2, 0) is 0 Å². The van der Waals surface area contributed by atoms with Crippen molar-refractivity contribution in [1.29, 1.82) is 5.26 Å². The van der Waals surface area contributed by atoms with E-state index in [1.54, 1.807) is 12.1 Å². The van der Waals surface area contributed by atoms with E-state index in [4.69, 9.17) is 5.26 Å². The summed E-state index contributed by atoms with van der Waals surface area (Å²) >= 11 is 0. The van der Waals surface area contributed by atoms with Crippen molar-refractivity contribution in [2.75, 3.05) is 18.4 Å². The molecule has 1 aliphatic carbocycles. The van der Waals surface area contributed by atoms with E-state index in [9.17, 15) is 4.39 Å². The van der Waals surface area contributed by atoms with Crippen LogP contribution in [0.4, 0.5) is 10.1 Å². The summed E-state index contributed by atoms with van der Waals surface area (Å²) in [5.74, 6) is -0.464. The lowest BCUT2D eigenvalue weighted by molar-refractivity contribution is 0.468. The Bertz CT molecular complexity index is 459. The third-order valence-corrected chi connectivity index (χ3v) is 3.85. The van der Waals surface area contributed by atoms with Gasteiger partial charge in [0, 0.05) is 19.1 Å². The van der Waals surface area contributed by atoms with Gasteiger partial charge in [0.1, 0.15) is 17.4 Å². The van der Waals surface area contributed by atoms with E-state index in [1.165, 1.54) is 44.6 Å². The molecule has 1 saturated carbocycles. The van der Waals surface area contributed by atoms with Crippen molar-refractivity contribution in [2.24, 2.45) is 0 Å². The molecule has 1 aliphatic rings. The van der Waals surface area contributed by atoms with Gasteiger partial charge in [-0.1, -0.05) is 31.7 Å². The molecule has 1 fully saturated rings. The van der Waals surface area contributed by atoms with Crippen LogP contribution in [0.5, 0.6) is 0 Å². The van der Waals surface area contributed by atoms with Crippen molar-refractivity contribution in [1.82, 2.24) is 5.32 Å². The van der Waals surface area contributed by atoms with Gasteiger partial charge in [0.05, 0.1) is 5.69 Å². The predicted octanol–water partition coefficient (Wildman–Crippen LogP) is 3.42. The first-order valence-electron chi connectivity index (χ1n) is 7.47. The summed E-state index contributed by atoms with van der Waals surface area (Å²) in [6.45, 7) is 1.54. The zero-order valence-electron chi connectivity index (χ0n) is 11.8. The molecule has 108 valence electrons. The molecular formula is C16H22FN3. The standard InChI is InChI=1S/C16H22FN3/c17-15-8-5-9-16(14(15)12-18)20-11-10-19-13-6-3-1-2-4-7-13/h5,8-9,13,19-20H,1-4,6-7,10-11H2. The summed E-state index contributed by atoms with van der Waals surface area (Å²) in [7, 11) is 0. The fraction of sp³-hybridized carbons (Fsp3) is 0.562. The summed E-state index contributed by atoms with van der Waals surface area (Å²) in [6, 6.07) is 7.20. The minimum absolute atomic E-state index is 0.0990. The highest BCUT2D eigenvalue weighted by molar-refractivity contribution is 5.57. The van der Waals surface area contributed by atoms with Crippen molar-refractivity contribution < 1.29 is 4.39 Å². The van der Waals surface area contributed by atoms with Gasteiger partial charge in [-0.15, -0.1) is 0 Å². The Kier molecular flexibility index (Phi) is 5.82. The minimum Gasteiger partial charge on any atom is -0.383 e. The van der Waals surface area contributed by atoms with Gasteiger partial charge in [-0.3, -0.25) is 0 Å². The van der Waals surface area contributed by atoms with E-state index >= 15 is 0 Å². The number of hydrogen-bond donors (Lipinski definition) is 2. The Morgan fingerprint density at radius 2 is 1.90 bits per heavy atom. The SMILES string of the molecule is N#Cc1c(F)cccc1NCCNC1CCCCCC1. The summed E-state index contributed by atoms with van der Waals surface area (Å²) in [5, 5.41) is 15.6. The molecular weight excluding hydrogens is 253 g/mol. The number of nitrogens with zero attached hydrogens (tertiary/aromatic N) is 1. The van der Waals surface area contributed by atoms with Crippen LogP contribution in [0.15, 0.2) is 18.2 Å². The maximum Gasteiger partial charge on any atom is 0.143 e. The van der Waals surface area contributed by atoms with Crippen LogP contribution in [0.1, 0.15) is 44.1 Å². The molecule has 20 heavy (non-hydrogen) atoms. The van der Waals surface area contributed by atoms with Crippen LogP contribution >= 0.6 is 0 Å². The molecule has 0 aromatic heterocycles. The van der Waals surface area contributed by atoms with E-state index < -0.39 is 5.82 Å². The molecule has 1 aromatic carbocycles. The number of hydrogen-bond acceptors (Lipinski definition) is 3. The molecule has 1 aromatic rings. The minimum atomic E-state index is -0.464. The molecule has 4 heteroatoms. The predicted molar refractivity (Wildman–Crippen MR) is 79.1 cm³/mol. The fourth-order valence-corrected chi connectivity index (χ4v) is 2.74. The van der Waals surface area contributed by atoms with Crippen molar-refractivity contribution in [3.63, 3.8) is 0 Å². The summed E-state index contributed by atoms with van der Waals surface area (Å²) in [5.41, 5.74) is 0.678. The number of halogens is 1. The molecule has 0 spiro atoms. The van der Waals surface area contributed by atoms with Gasteiger partial charge in [-0.2, -0.15) is 5.26 Å². The highest BCUT2D eigenvalue weighted by Gasteiger charge is 2.11. The van der Waals surface area contributed by atoms with E-state index in [0.717, 1.165) is 6.54 Å². The first-order valence-corrected chi connectivity index (χ1v) is 7.47. The molecule has 3 nitrogen and oxygen atoms in total. The van der Waals surface area contributed by atoms with Crippen molar-refractivity contribution in [3.05, 3.63) is 29.6 Å². The van der Waals surface area contributed by atoms with Crippen LogP contribution in [0.2, 0.25) is 0 Å². The van der Waals surface area contributed by atoms with Gasteiger partial charge < -0.3 is 10.6 Å². The summed E-state index contributed by atoms with van der Waals surface area (Å²) in [4.78, 5) is 0. The third kappa shape index (κ3) is 4.21. The highest BCUT2D eigenvalue weighted by Crippen LogP contribution is 2.18. The Morgan fingerprint density at radius 3 is 2.60 bits per heavy atom. The van der Waals surface area contributed by atoms with E-state index in [1.807, 2.05) is 6.07 Å². The second-order valence-corrected chi connectivity index (χ2v) is 5.34. The Labute approximate surface area is 120 Å². The number of benzene rings is 1. The number of nitrogens with one attached hydrogen (secondary N) is 2. The Balaban J connectivity index is 1.76. The van der Waals surface area contributed by atoms with E-state index in [-0.39, 0.29) is 5.56 Å². The third-order valence-electron chi connectivity index (χ3n) is 3.85. The normalized spacial score (nSPS) is 16.4. The first-order chi connectivity index (χ1) is 9.81. The van der Waals surface area contributed by atoms with Crippen molar-refractivity contribution >= 4 is 5.69 Å². The monoisotopic (exact) mass is 275 g/mol. The van der Waals surface area contributed by atoms with Gasteiger partial charge in [-0.05, 0) is 25.0 Å². The molecule has 0 aliphatic heterocycles. The van der Waals surface area contributed by atoms with Gasteiger partial charge in [0.2, 0.25) is 0 Å². The summed E-state index contributed by atoms with van der Waals surface area (Å²) < 4.78 is 13.4. The largest absolute Gasteiger partial charge is 0.383 e. The van der Waals surface area contributed by atoms with Crippen LogP contribution in [-0.4, -0.2) is 19.1 Å². The average Bonchev–Trinajstić information content (AvgIpc) is 2.72. The Hall–Kier alpha value is -1.60. The van der Waals surface area contributed by atoms with Gasteiger partial charge in [0.15, 0.2) is 0 Å². The summed E-state index contributed by atoms with van der Waals surface area (Å²) in [6.07, 6.45) is 7.84. The topological polar surface area (TPSA) is 47.9 Å². The number of anilines is 1. The quantitative estimate of drug-likeness (QED) is 0.639.